The van der Waals surface area contributed by atoms with Crippen molar-refractivity contribution in [2.24, 2.45) is 0 Å². The summed E-state index contributed by atoms with van der Waals surface area (Å²) in [5.74, 6) is -0.710. The number of hydrogen-bond acceptors (Lipinski definition) is 3. The van der Waals surface area contributed by atoms with Gasteiger partial charge in [0.25, 0.3) is 0 Å². The van der Waals surface area contributed by atoms with Crippen LogP contribution in [0.2, 0.25) is 0 Å². The van der Waals surface area contributed by atoms with Gasteiger partial charge in [-0.15, -0.1) is 0 Å². The van der Waals surface area contributed by atoms with E-state index in [4.69, 9.17) is 4.74 Å². The van der Waals surface area contributed by atoms with Crippen LogP contribution in [-0.2, 0) is 9.53 Å². The van der Waals surface area contributed by atoms with Crippen LogP contribution >= 0.6 is 0 Å². The molecule has 1 saturated carbocycles. The first-order chi connectivity index (χ1) is 7.71. The van der Waals surface area contributed by atoms with Gasteiger partial charge in [0.15, 0.2) is 0 Å². The van der Waals surface area contributed by atoms with Gasteiger partial charge >= 0.3 is 5.97 Å². The summed E-state index contributed by atoms with van der Waals surface area (Å²) in [6.45, 7) is 4.14. The Labute approximate surface area is 97.4 Å². The van der Waals surface area contributed by atoms with Crippen molar-refractivity contribution in [2.45, 2.75) is 51.0 Å². The molecule has 1 aliphatic rings. The van der Waals surface area contributed by atoms with E-state index in [-0.39, 0.29) is 0 Å². The lowest BCUT2D eigenvalue weighted by Gasteiger charge is -2.25. The zero-order valence-electron chi connectivity index (χ0n) is 10.1. The molecule has 1 aliphatic carbocycles. The van der Waals surface area contributed by atoms with E-state index >= 15 is 0 Å². The van der Waals surface area contributed by atoms with E-state index in [9.17, 15) is 9.90 Å². The molecule has 0 aliphatic heterocycles. The maximum absolute atomic E-state index is 11.2. The number of unbranched alkanes of at least 4 members (excludes halogenated alkanes) is 1. The standard InChI is InChI=1S/C12H23NO3/c1-2-3-9-16-10-8-13-12(11(14)15)6-4-5-7-12/h13H,2-10H2,1H3,(H,14,15). The highest BCUT2D eigenvalue weighted by Gasteiger charge is 2.40. The molecule has 0 aromatic carbocycles. The second kappa shape index (κ2) is 6.86. The minimum atomic E-state index is -0.710. The van der Waals surface area contributed by atoms with E-state index in [0.717, 1.165) is 45.1 Å². The van der Waals surface area contributed by atoms with Gasteiger partial charge in [0.2, 0.25) is 0 Å². The fourth-order valence-electron chi connectivity index (χ4n) is 2.16. The van der Waals surface area contributed by atoms with Crippen molar-refractivity contribution in [1.29, 1.82) is 0 Å². The molecular formula is C12H23NO3. The average molecular weight is 229 g/mol. The summed E-state index contributed by atoms with van der Waals surface area (Å²) in [4.78, 5) is 11.2. The SMILES string of the molecule is CCCCOCCNC1(C(=O)O)CCCC1. The number of hydrogen-bond donors (Lipinski definition) is 2. The lowest BCUT2D eigenvalue weighted by Crippen LogP contribution is -2.50. The maximum Gasteiger partial charge on any atom is 0.323 e. The van der Waals surface area contributed by atoms with Gasteiger partial charge < -0.3 is 9.84 Å². The van der Waals surface area contributed by atoms with Crippen LogP contribution in [0.1, 0.15) is 45.4 Å². The zero-order chi connectivity index (χ0) is 11.9. The summed E-state index contributed by atoms with van der Waals surface area (Å²) in [7, 11) is 0. The van der Waals surface area contributed by atoms with Crippen molar-refractivity contribution in [3.63, 3.8) is 0 Å². The van der Waals surface area contributed by atoms with E-state index in [2.05, 4.69) is 12.2 Å². The van der Waals surface area contributed by atoms with Gasteiger partial charge in [-0.05, 0) is 19.3 Å². The smallest absolute Gasteiger partial charge is 0.323 e. The third kappa shape index (κ3) is 3.76. The lowest BCUT2D eigenvalue weighted by molar-refractivity contribution is -0.144. The minimum absolute atomic E-state index is 0.606. The van der Waals surface area contributed by atoms with Crippen molar-refractivity contribution in [1.82, 2.24) is 5.32 Å². The van der Waals surface area contributed by atoms with Gasteiger partial charge in [0.05, 0.1) is 6.61 Å². The molecule has 1 fully saturated rings. The number of ether oxygens (including phenoxy) is 1. The Kier molecular flexibility index (Phi) is 5.77. The Morgan fingerprint density at radius 3 is 2.62 bits per heavy atom. The van der Waals surface area contributed by atoms with Crippen LogP contribution in [0.3, 0.4) is 0 Å². The molecule has 0 spiro atoms. The van der Waals surface area contributed by atoms with Gasteiger partial charge in [-0.1, -0.05) is 26.2 Å². The van der Waals surface area contributed by atoms with Crippen molar-refractivity contribution in [3.8, 4) is 0 Å². The van der Waals surface area contributed by atoms with E-state index in [1.165, 1.54) is 0 Å². The van der Waals surface area contributed by atoms with Crippen LogP contribution in [0, 0.1) is 0 Å². The molecule has 0 aromatic heterocycles. The maximum atomic E-state index is 11.2. The molecule has 0 saturated heterocycles. The third-order valence-electron chi connectivity index (χ3n) is 3.22. The molecule has 4 nitrogen and oxygen atoms in total. The van der Waals surface area contributed by atoms with Gasteiger partial charge in [-0.3, -0.25) is 10.1 Å². The van der Waals surface area contributed by atoms with Crippen LogP contribution in [-0.4, -0.2) is 36.4 Å². The minimum Gasteiger partial charge on any atom is -0.480 e. The molecule has 4 heteroatoms. The first kappa shape index (κ1) is 13.5. The number of aliphatic carboxylic acids is 1. The first-order valence-electron chi connectivity index (χ1n) is 6.27. The summed E-state index contributed by atoms with van der Waals surface area (Å²) < 4.78 is 5.40. The lowest BCUT2D eigenvalue weighted by atomic mass is 9.98. The number of rotatable bonds is 8. The Balaban J connectivity index is 2.16. The van der Waals surface area contributed by atoms with Crippen LogP contribution in [0.5, 0.6) is 0 Å². The third-order valence-corrected chi connectivity index (χ3v) is 3.22. The highest BCUT2D eigenvalue weighted by Crippen LogP contribution is 2.29. The summed E-state index contributed by atoms with van der Waals surface area (Å²) in [6, 6.07) is 0. The van der Waals surface area contributed by atoms with Crippen molar-refractivity contribution in [2.75, 3.05) is 19.8 Å². The molecule has 0 unspecified atom stereocenters. The Morgan fingerprint density at radius 2 is 2.06 bits per heavy atom. The van der Waals surface area contributed by atoms with Gasteiger partial charge in [0, 0.05) is 13.2 Å². The molecule has 0 bridgehead atoms. The molecular weight excluding hydrogens is 206 g/mol. The van der Waals surface area contributed by atoms with Crippen LogP contribution < -0.4 is 5.32 Å². The van der Waals surface area contributed by atoms with E-state index in [1.807, 2.05) is 0 Å². The molecule has 0 atom stereocenters. The number of nitrogens with one attached hydrogen (secondary N) is 1. The second-order valence-electron chi connectivity index (χ2n) is 4.49. The normalized spacial score (nSPS) is 18.8. The molecule has 0 amide bonds. The van der Waals surface area contributed by atoms with Crippen LogP contribution in [0.4, 0.5) is 0 Å². The molecule has 0 aromatic rings. The highest BCUT2D eigenvalue weighted by molar-refractivity contribution is 5.79. The van der Waals surface area contributed by atoms with E-state index in [1.54, 1.807) is 0 Å². The fraction of sp³-hybridized carbons (Fsp3) is 0.917. The van der Waals surface area contributed by atoms with E-state index < -0.39 is 11.5 Å². The van der Waals surface area contributed by atoms with Gasteiger partial charge in [-0.25, -0.2) is 0 Å². The van der Waals surface area contributed by atoms with Gasteiger partial charge in [0.1, 0.15) is 5.54 Å². The molecule has 2 N–H and O–H groups in total. The van der Waals surface area contributed by atoms with Crippen LogP contribution in [0.25, 0.3) is 0 Å². The quantitative estimate of drug-likeness (QED) is 0.623. The molecule has 1 rings (SSSR count). The Hall–Kier alpha value is -0.610. The van der Waals surface area contributed by atoms with E-state index in [0.29, 0.717) is 13.2 Å². The Bertz CT molecular complexity index is 212. The predicted molar refractivity (Wildman–Crippen MR) is 62.6 cm³/mol. The fourth-order valence-corrected chi connectivity index (χ4v) is 2.16. The Morgan fingerprint density at radius 1 is 1.38 bits per heavy atom. The van der Waals surface area contributed by atoms with Crippen LogP contribution in [0.15, 0.2) is 0 Å². The number of carboxylic acids is 1. The zero-order valence-corrected chi connectivity index (χ0v) is 10.1. The summed E-state index contributed by atoms with van der Waals surface area (Å²) in [6.07, 6.45) is 5.72. The average Bonchev–Trinajstić information content (AvgIpc) is 2.73. The second-order valence-corrected chi connectivity index (χ2v) is 4.49. The van der Waals surface area contributed by atoms with Crippen molar-refractivity contribution in [3.05, 3.63) is 0 Å². The predicted octanol–water partition coefficient (Wildman–Crippen LogP) is 1.79. The molecule has 94 valence electrons. The van der Waals surface area contributed by atoms with Gasteiger partial charge in [-0.2, -0.15) is 0 Å². The van der Waals surface area contributed by atoms with Crippen molar-refractivity contribution >= 4 is 5.97 Å². The number of carboxylic acid groups (broad SMARTS) is 1. The summed E-state index contributed by atoms with van der Waals surface area (Å²) >= 11 is 0. The highest BCUT2D eigenvalue weighted by atomic mass is 16.5. The number of carbonyl (C=O) groups is 1. The largest absolute Gasteiger partial charge is 0.480 e. The summed E-state index contributed by atoms with van der Waals surface area (Å²) in [5, 5.41) is 12.3. The van der Waals surface area contributed by atoms with Crippen molar-refractivity contribution < 1.29 is 14.6 Å². The molecule has 0 heterocycles. The molecule has 16 heavy (non-hydrogen) atoms. The summed E-state index contributed by atoms with van der Waals surface area (Å²) in [5.41, 5.74) is -0.673. The molecule has 0 radical (unpaired) electrons. The first-order valence-corrected chi connectivity index (χ1v) is 6.27. The monoisotopic (exact) mass is 229 g/mol. The topological polar surface area (TPSA) is 58.6 Å².